The molecule has 0 saturated carbocycles. The zero-order valence-electron chi connectivity index (χ0n) is 9.97. The van der Waals surface area contributed by atoms with Crippen LogP contribution in [0.25, 0.3) is 11.2 Å². The summed E-state index contributed by atoms with van der Waals surface area (Å²) in [5.41, 5.74) is 0.757. The maximum atomic E-state index is 12.0. The Kier molecular flexibility index (Phi) is 2.75. The highest BCUT2D eigenvalue weighted by Gasteiger charge is 2.20. The Bertz CT molecular complexity index is 556. The molecule has 0 aromatic carbocycles. The van der Waals surface area contributed by atoms with Crippen molar-refractivity contribution >= 4 is 17.1 Å². The summed E-state index contributed by atoms with van der Waals surface area (Å²) in [6.07, 6.45) is 4.59. The molecule has 0 fully saturated rings. The summed E-state index contributed by atoms with van der Waals surface area (Å²) in [6, 6.07) is 1.59. The molecule has 0 unspecified atom stereocenters. The molecule has 17 heavy (non-hydrogen) atoms. The van der Waals surface area contributed by atoms with Crippen LogP contribution in [0.5, 0.6) is 0 Å². The SMILES string of the molecule is CC(C)(C)OC(=O)c1ccnc2nccnc12. The molecule has 0 spiro atoms. The van der Waals surface area contributed by atoms with Gasteiger partial charge in [-0.1, -0.05) is 0 Å². The van der Waals surface area contributed by atoms with E-state index in [0.717, 1.165) is 0 Å². The number of fused-ring (bicyclic) bond motifs is 1. The van der Waals surface area contributed by atoms with Crippen molar-refractivity contribution in [3.8, 4) is 0 Å². The van der Waals surface area contributed by atoms with Crippen molar-refractivity contribution in [1.82, 2.24) is 15.0 Å². The first-order valence-corrected chi connectivity index (χ1v) is 5.26. The molecule has 0 bridgehead atoms. The van der Waals surface area contributed by atoms with Gasteiger partial charge in [-0.15, -0.1) is 0 Å². The maximum absolute atomic E-state index is 12.0. The van der Waals surface area contributed by atoms with Crippen LogP contribution < -0.4 is 0 Å². The van der Waals surface area contributed by atoms with Crippen LogP contribution in [0, 0.1) is 0 Å². The maximum Gasteiger partial charge on any atom is 0.341 e. The van der Waals surface area contributed by atoms with Gasteiger partial charge in [-0.3, -0.25) is 4.98 Å². The fraction of sp³-hybridized carbons (Fsp3) is 0.333. The first kappa shape index (κ1) is 11.4. The molecule has 2 rings (SSSR count). The first-order chi connectivity index (χ1) is 7.97. The van der Waals surface area contributed by atoms with Gasteiger partial charge in [0.25, 0.3) is 0 Å². The number of rotatable bonds is 1. The molecule has 0 aliphatic heterocycles. The largest absolute Gasteiger partial charge is 0.456 e. The molecule has 2 aromatic heterocycles. The molecular formula is C12H13N3O2. The van der Waals surface area contributed by atoms with Crippen LogP contribution in [0.15, 0.2) is 24.7 Å². The fourth-order valence-corrected chi connectivity index (χ4v) is 1.37. The van der Waals surface area contributed by atoms with Gasteiger partial charge < -0.3 is 4.74 Å². The number of hydrogen-bond donors (Lipinski definition) is 0. The zero-order valence-corrected chi connectivity index (χ0v) is 9.97. The Morgan fingerprint density at radius 1 is 1.12 bits per heavy atom. The molecule has 2 heterocycles. The monoisotopic (exact) mass is 231 g/mol. The lowest BCUT2D eigenvalue weighted by Crippen LogP contribution is -2.24. The van der Waals surface area contributed by atoms with E-state index in [-0.39, 0.29) is 0 Å². The minimum Gasteiger partial charge on any atom is -0.456 e. The normalized spacial score (nSPS) is 11.5. The summed E-state index contributed by atoms with van der Waals surface area (Å²) in [7, 11) is 0. The summed E-state index contributed by atoms with van der Waals surface area (Å²) in [5, 5.41) is 0. The smallest absolute Gasteiger partial charge is 0.341 e. The zero-order chi connectivity index (χ0) is 12.5. The molecular weight excluding hydrogens is 218 g/mol. The minimum absolute atomic E-state index is 0.387. The van der Waals surface area contributed by atoms with Gasteiger partial charge in [-0.05, 0) is 26.8 Å². The molecule has 2 aromatic rings. The third-order valence-electron chi connectivity index (χ3n) is 1.99. The molecule has 0 radical (unpaired) electrons. The number of hydrogen-bond acceptors (Lipinski definition) is 5. The topological polar surface area (TPSA) is 65.0 Å². The van der Waals surface area contributed by atoms with Gasteiger partial charge in [-0.25, -0.2) is 14.8 Å². The predicted molar refractivity (Wildman–Crippen MR) is 62.5 cm³/mol. The molecule has 0 saturated heterocycles. The Labute approximate surface area is 98.9 Å². The van der Waals surface area contributed by atoms with Crippen LogP contribution in [-0.4, -0.2) is 26.5 Å². The molecule has 0 amide bonds. The van der Waals surface area contributed by atoms with E-state index in [1.807, 2.05) is 20.8 Å². The van der Waals surface area contributed by atoms with Crippen LogP contribution >= 0.6 is 0 Å². The molecule has 5 nitrogen and oxygen atoms in total. The number of carbonyl (C=O) groups is 1. The molecule has 88 valence electrons. The van der Waals surface area contributed by atoms with Gasteiger partial charge in [0.15, 0.2) is 5.65 Å². The van der Waals surface area contributed by atoms with E-state index in [0.29, 0.717) is 16.7 Å². The fourth-order valence-electron chi connectivity index (χ4n) is 1.37. The highest BCUT2D eigenvalue weighted by molar-refractivity contribution is 6.00. The average molecular weight is 231 g/mol. The van der Waals surface area contributed by atoms with Crippen molar-refractivity contribution in [2.75, 3.05) is 0 Å². The third kappa shape index (κ3) is 2.55. The summed E-state index contributed by atoms with van der Waals surface area (Å²) < 4.78 is 5.30. The van der Waals surface area contributed by atoms with Crippen molar-refractivity contribution in [3.05, 3.63) is 30.2 Å². The second-order valence-corrected chi connectivity index (χ2v) is 4.59. The van der Waals surface area contributed by atoms with Crippen molar-refractivity contribution < 1.29 is 9.53 Å². The van der Waals surface area contributed by atoms with Crippen LogP contribution in [0.3, 0.4) is 0 Å². The van der Waals surface area contributed by atoms with Crippen LogP contribution in [0.1, 0.15) is 31.1 Å². The summed E-state index contributed by atoms with van der Waals surface area (Å²) in [4.78, 5) is 24.1. The van der Waals surface area contributed by atoms with Crippen molar-refractivity contribution in [2.45, 2.75) is 26.4 Å². The lowest BCUT2D eigenvalue weighted by Gasteiger charge is -2.19. The highest BCUT2D eigenvalue weighted by atomic mass is 16.6. The standard InChI is InChI=1S/C12H13N3O2/c1-12(2,3)17-11(16)8-4-5-14-10-9(8)13-6-7-15-10/h4-7H,1-3H3. The average Bonchev–Trinajstić information content (AvgIpc) is 2.26. The second kappa shape index (κ2) is 4.08. The van der Waals surface area contributed by atoms with Crippen LogP contribution in [-0.2, 0) is 4.74 Å². The number of aromatic nitrogens is 3. The van der Waals surface area contributed by atoms with E-state index in [2.05, 4.69) is 15.0 Å². The van der Waals surface area contributed by atoms with Crippen LogP contribution in [0.2, 0.25) is 0 Å². The quantitative estimate of drug-likeness (QED) is 0.702. The molecule has 5 heteroatoms. The number of ether oxygens (including phenoxy) is 1. The van der Waals surface area contributed by atoms with E-state index in [1.165, 1.54) is 18.6 Å². The lowest BCUT2D eigenvalue weighted by molar-refractivity contribution is 0.00715. The molecule has 0 atom stereocenters. The van der Waals surface area contributed by atoms with E-state index in [4.69, 9.17) is 4.74 Å². The Morgan fingerprint density at radius 3 is 2.47 bits per heavy atom. The Balaban J connectivity index is 2.45. The van der Waals surface area contributed by atoms with E-state index in [9.17, 15) is 4.79 Å². The number of pyridine rings is 1. The Hall–Kier alpha value is -2.04. The van der Waals surface area contributed by atoms with E-state index < -0.39 is 11.6 Å². The number of esters is 1. The number of carbonyl (C=O) groups excluding carboxylic acids is 1. The van der Waals surface area contributed by atoms with E-state index >= 15 is 0 Å². The van der Waals surface area contributed by atoms with Crippen molar-refractivity contribution in [2.24, 2.45) is 0 Å². The van der Waals surface area contributed by atoms with Gasteiger partial charge in [0.1, 0.15) is 11.1 Å². The van der Waals surface area contributed by atoms with Gasteiger partial charge in [-0.2, -0.15) is 0 Å². The van der Waals surface area contributed by atoms with Crippen molar-refractivity contribution in [3.63, 3.8) is 0 Å². The van der Waals surface area contributed by atoms with Gasteiger partial charge in [0.2, 0.25) is 0 Å². The lowest BCUT2D eigenvalue weighted by atomic mass is 10.2. The van der Waals surface area contributed by atoms with Gasteiger partial charge >= 0.3 is 5.97 Å². The number of nitrogens with zero attached hydrogens (tertiary/aromatic N) is 3. The second-order valence-electron chi connectivity index (χ2n) is 4.59. The summed E-state index contributed by atoms with van der Waals surface area (Å²) in [6.45, 7) is 5.46. The van der Waals surface area contributed by atoms with Gasteiger partial charge in [0.05, 0.1) is 5.56 Å². The molecule has 0 N–H and O–H groups in total. The predicted octanol–water partition coefficient (Wildman–Crippen LogP) is 1.98. The summed E-state index contributed by atoms with van der Waals surface area (Å²) >= 11 is 0. The molecule has 0 aliphatic rings. The third-order valence-corrected chi connectivity index (χ3v) is 1.99. The minimum atomic E-state index is -0.533. The van der Waals surface area contributed by atoms with Gasteiger partial charge in [0, 0.05) is 18.6 Å². The molecule has 0 aliphatic carbocycles. The Morgan fingerprint density at radius 2 is 1.76 bits per heavy atom. The first-order valence-electron chi connectivity index (χ1n) is 5.26. The van der Waals surface area contributed by atoms with E-state index in [1.54, 1.807) is 6.07 Å². The van der Waals surface area contributed by atoms with Crippen LogP contribution in [0.4, 0.5) is 0 Å². The van der Waals surface area contributed by atoms with Crippen molar-refractivity contribution in [1.29, 1.82) is 0 Å². The highest BCUT2D eigenvalue weighted by Crippen LogP contribution is 2.16. The summed E-state index contributed by atoms with van der Waals surface area (Å²) in [5.74, 6) is -0.412.